The van der Waals surface area contributed by atoms with E-state index in [0.717, 1.165) is 17.7 Å². The van der Waals surface area contributed by atoms with Gasteiger partial charge in [-0.25, -0.2) is 0 Å². The molecule has 108 valence electrons. The summed E-state index contributed by atoms with van der Waals surface area (Å²) in [4.78, 5) is 0. The van der Waals surface area contributed by atoms with Crippen LogP contribution in [0.25, 0.3) is 0 Å². The normalized spacial score (nSPS) is 11.0. The van der Waals surface area contributed by atoms with E-state index in [1.807, 2.05) is 13.0 Å². The Kier molecular flexibility index (Phi) is 3.90. The van der Waals surface area contributed by atoms with Crippen LogP contribution < -0.4 is 5.32 Å². The quantitative estimate of drug-likeness (QED) is 0.850. The zero-order valence-electron chi connectivity index (χ0n) is 11.5. The summed E-state index contributed by atoms with van der Waals surface area (Å²) in [6, 6.07) is 10.7. The van der Waals surface area contributed by atoms with Gasteiger partial charge in [-0.1, -0.05) is 12.1 Å². The van der Waals surface area contributed by atoms with Crippen LogP contribution >= 0.6 is 0 Å². The molecule has 0 radical (unpaired) electrons. The van der Waals surface area contributed by atoms with Crippen molar-refractivity contribution in [1.82, 2.24) is 0 Å². The first-order valence-corrected chi connectivity index (χ1v) is 6.27. The molecule has 21 heavy (non-hydrogen) atoms. The molecule has 0 fully saturated rings. The first-order chi connectivity index (χ1) is 9.81. The molecule has 0 heterocycles. The maximum Gasteiger partial charge on any atom is 0.416 e. The van der Waals surface area contributed by atoms with Gasteiger partial charge < -0.3 is 5.32 Å². The highest BCUT2D eigenvalue weighted by Gasteiger charge is 2.30. The number of halogens is 3. The molecule has 0 aliphatic rings. The number of aryl methyl sites for hydroxylation is 2. The number of hydrogen-bond acceptors (Lipinski definition) is 2. The largest absolute Gasteiger partial charge is 0.416 e. The van der Waals surface area contributed by atoms with Crippen LogP contribution in [0.1, 0.15) is 22.3 Å². The van der Waals surface area contributed by atoms with Gasteiger partial charge in [0.15, 0.2) is 0 Å². The number of nitrogens with one attached hydrogen (secondary N) is 1. The summed E-state index contributed by atoms with van der Waals surface area (Å²) < 4.78 is 38.3. The third kappa shape index (κ3) is 3.34. The smallest absolute Gasteiger partial charge is 0.354 e. The van der Waals surface area contributed by atoms with Crippen molar-refractivity contribution in [2.24, 2.45) is 0 Å². The van der Waals surface area contributed by atoms with Gasteiger partial charge in [-0.3, -0.25) is 0 Å². The predicted molar refractivity (Wildman–Crippen MR) is 75.4 cm³/mol. The maximum atomic E-state index is 12.8. The van der Waals surface area contributed by atoms with E-state index in [0.29, 0.717) is 22.5 Å². The zero-order valence-corrected chi connectivity index (χ0v) is 11.5. The Bertz CT molecular complexity index is 712. The van der Waals surface area contributed by atoms with Crippen molar-refractivity contribution < 1.29 is 13.2 Å². The maximum absolute atomic E-state index is 12.8. The van der Waals surface area contributed by atoms with Crippen LogP contribution in [0.4, 0.5) is 24.5 Å². The second kappa shape index (κ2) is 5.49. The number of alkyl halides is 3. The summed E-state index contributed by atoms with van der Waals surface area (Å²) in [7, 11) is 0. The second-order valence-corrected chi connectivity index (χ2v) is 4.81. The lowest BCUT2D eigenvalue weighted by atomic mass is 10.1. The molecular weight excluding hydrogens is 277 g/mol. The molecule has 2 rings (SSSR count). The van der Waals surface area contributed by atoms with Crippen molar-refractivity contribution >= 4 is 11.4 Å². The van der Waals surface area contributed by atoms with Crippen LogP contribution in [-0.2, 0) is 6.18 Å². The average Bonchev–Trinajstić information content (AvgIpc) is 2.40. The third-order valence-electron chi connectivity index (χ3n) is 3.13. The number of hydrogen-bond donors (Lipinski definition) is 1. The van der Waals surface area contributed by atoms with Crippen LogP contribution in [0.3, 0.4) is 0 Å². The third-order valence-corrected chi connectivity index (χ3v) is 3.13. The Morgan fingerprint density at radius 3 is 2.33 bits per heavy atom. The monoisotopic (exact) mass is 290 g/mol. The minimum Gasteiger partial charge on any atom is -0.354 e. The Labute approximate surface area is 120 Å². The van der Waals surface area contributed by atoms with Gasteiger partial charge in [-0.05, 0) is 49.2 Å². The Morgan fingerprint density at radius 2 is 1.71 bits per heavy atom. The highest BCUT2D eigenvalue weighted by atomic mass is 19.4. The van der Waals surface area contributed by atoms with Crippen LogP contribution in [0, 0.1) is 25.2 Å². The molecule has 2 aromatic rings. The fourth-order valence-electron chi connectivity index (χ4n) is 1.94. The van der Waals surface area contributed by atoms with E-state index < -0.39 is 11.7 Å². The molecule has 0 saturated carbocycles. The molecule has 0 aliphatic carbocycles. The van der Waals surface area contributed by atoms with Crippen LogP contribution in [-0.4, -0.2) is 0 Å². The fraction of sp³-hybridized carbons (Fsp3) is 0.188. The molecule has 0 spiro atoms. The summed E-state index contributed by atoms with van der Waals surface area (Å²) in [5.74, 6) is 0. The van der Waals surface area contributed by atoms with Gasteiger partial charge in [-0.15, -0.1) is 0 Å². The minimum atomic E-state index is -4.39. The van der Waals surface area contributed by atoms with Gasteiger partial charge in [0.05, 0.1) is 16.8 Å². The highest BCUT2D eigenvalue weighted by Crippen LogP contribution is 2.33. The van der Waals surface area contributed by atoms with Gasteiger partial charge in [0.2, 0.25) is 0 Å². The average molecular weight is 290 g/mol. The predicted octanol–water partition coefficient (Wildman–Crippen LogP) is 4.94. The second-order valence-electron chi connectivity index (χ2n) is 4.81. The summed E-state index contributed by atoms with van der Waals surface area (Å²) in [5.41, 5.74) is 2.10. The molecule has 2 aromatic carbocycles. The number of nitriles is 1. The number of benzene rings is 2. The van der Waals surface area contributed by atoms with Crippen molar-refractivity contribution in [3.05, 3.63) is 58.7 Å². The lowest BCUT2D eigenvalue weighted by Crippen LogP contribution is -2.06. The van der Waals surface area contributed by atoms with E-state index in [-0.39, 0.29) is 0 Å². The number of anilines is 2. The first-order valence-electron chi connectivity index (χ1n) is 6.27. The topological polar surface area (TPSA) is 35.8 Å². The molecule has 0 bridgehead atoms. The number of rotatable bonds is 2. The summed E-state index contributed by atoms with van der Waals surface area (Å²) in [5, 5.41) is 12.0. The summed E-state index contributed by atoms with van der Waals surface area (Å²) in [6.45, 7) is 3.57. The van der Waals surface area contributed by atoms with E-state index in [1.165, 1.54) is 6.07 Å². The molecule has 0 aliphatic heterocycles. The Balaban J connectivity index is 2.45. The van der Waals surface area contributed by atoms with Gasteiger partial charge in [0, 0.05) is 5.69 Å². The molecule has 5 heteroatoms. The highest BCUT2D eigenvalue weighted by molar-refractivity contribution is 5.69. The fourth-order valence-corrected chi connectivity index (χ4v) is 1.94. The summed E-state index contributed by atoms with van der Waals surface area (Å²) >= 11 is 0. The van der Waals surface area contributed by atoms with Gasteiger partial charge >= 0.3 is 6.18 Å². The molecule has 1 N–H and O–H groups in total. The molecule has 0 atom stereocenters. The number of nitrogens with zero attached hydrogens (tertiary/aromatic N) is 1. The SMILES string of the molecule is Cc1ccc(C#N)c(Nc2cc(C(F)(F)F)ccc2C)c1. The van der Waals surface area contributed by atoms with E-state index in [1.54, 1.807) is 25.1 Å². The lowest BCUT2D eigenvalue weighted by Gasteiger charge is -2.14. The van der Waals surface area contributed by atoms with Crippen LogP contribution in [0.15, 0.2) is 36.4 Å². The summed E-state index contributed by atoms with van der Waals surface area (Å²) in [6.07, 6.45) is -4.39. The zero-order chi connectivity index (χ0) is 15.6. The van der Waals surface area contributed by atoms with E-state index >= 15 is 0 Å². The van der Waals surface area contributed by atoms with Gasteiger partial charge in [0.1, 0.15) is 6.07 Å². The van der Waals surface area contributed by atoms with Crippen molar-refractivity contribution in [3.63, 3.8) is 0 Å². The molecular formula is C16H13F3N2. The van der Waals surface area contributed by atoms with Crippen molar-refractivity contribution in [2.45, 2.75) is 20.0 Å². The molecule has 0 aromatic heterocycles. The van der Waals surface area contributed by atoms with E-state index in [4.69, 9.17) is 5.26 Å². The van der Waals surface area contributed by atoms with Crippen LogP contribution in [0.2, 0.25) is 0 Å². The van der Waals surface area contributed by atoms with Crippen molar-refractivity contribution in [2.75, 3.05) is 5.32 Å². The Hall–Kier alpha value is -2.48. The molecule has 0 amide bonds. The van der Waals surface area contributed by atoms with E-state index in [2.05, 4.69) is 5.32 Å². The first kappa shape index (κ1) is 14.9. The van der Waals surface area contributed by atoms with Crippen molar-refractivity contribution in [1.29, 1.82) is 5.26 Å². The van der Waals surface area contributed by atoms with Gasteiger partial charge in [0.25, 0.3) is 0 Å². The van der Waals surface area contributed by atoms with Crippen molar-refractivity contribution in [3.8, 4) is 6.07 Å². The molecule has 2 nitrogen and oxygen atoms in total. The molecule has 0 unspecified atom stereocenters. The standard InChI is InChI=1S/C16H13F3N2/c1-10-3-5-12(9-20)15(7-10)21-14-8-13(16(17,18)19)6-4-11(14)2/h3-8,21H,1-2H3. The lowest BCUT2D eigenvalue weighted by molar-refractivity contribution is -0.137. The van der Waals surface area contributed by atoms with E-state index in [9.17, 15) is 13.2 Å². The molecule has 0 saturated heterocycles. The Morgan fingerprint density at radius 1 is 1.00 bits per heavy atom. The van der Waals surface area contributed by atoms with Crippen LogP contribution in [0.5, 0.6) is 0 Å². The van der Waals surface area contributed by atoms with Gasteiger partial charge in [-0.2, -0.15) is 18.4 Å². The minimum absolute atomic E-state index is 0.340.